The molecule has 7 nitrogen and oxygen atoms in total. The van der Waals surface area contributed by atoms with Crippen LogP contribution >= 0.6 is 0 Å². The van der Waals surface area contributed by atoms with E-state index in [0.717, 1.165) is 0 Å². The van der Waals surface area contributed by atoms with Crippen LogP contribution in [0.1, 0.15) is 27.6 Å². The number of hydrogen-bond acceptors (Lipinski definition) is 5. The summed E-state index contributed by atoms with van der Waals surface area (Å²) in [7, 11) is 0. The number of carbonyl (C=O) groups is 3. The first-order valence-electron chi connectivity index (χ1n) is 9.18. The van der Waals surface area contributed by atoms with Crippen molar-refractivity contribution in [3.63, 3.8) is 0 Å². The number of Topliss-reactive ketones (excluding diaryl/α,β-unsaturated/α-hetero) is 2. The van der Waals surface area contributed by atoms with E-state index in [0.29, 0.717) is 29.7 Å². The summed E-state index contributed by atoms with van der Waals surface area (Å²) >= 11 is 0. The van der Waals surface area contributed by atoms with Crippen molar-refractivity contribution in [1.29, 1.82) is 0 Å². The number of H-pyrrole nitrogens is 1. The van der Waals surface area contributed by atoms with E-state index in [2.05, 4.69) is 15.3 Å². The summed E-state index contributed by atoms with van der Waals surface area (Å²) in [5, 5.41) is 3.82. The second-order valence-corrected chi connectivity index (χ2v) is 6.85. The molecule has 2 unspecified atom stereocenters. The highest BCUT2D eigenvalue weighted by Gasteiger charge is 2.40. The van der Waals surface area contributed by atoms with Gasteiger partial charge in [-0.3, -0.25) is 14.4 Å². The fourth-order valence-electron chi connectivity index (χ4n) is 3.69. The van der Waals surface area contributed by atoms with Gasteiger partial charge in [0, 0.05) is 42.5 Å². The molecule has 1 aliphatic heterocycles. The molecule has 142 valence electrons. The minimum atomic E-state index is -0.740. The Morgan fingerprint density at radius 1 is 1.11 bits per heavy atom. The fraction of sp³-hybridized carbons (Fsp3) is 0.238. The number of aromatic amines is 1. The summed E-state index contributed by atoms with van der Waals surface area (Å²) in [4.78, 5) is 47.6. The van der Waals surface area contributed by atoms with Crippen molar-refractivity contribution in [2.24, 2.45) is 0 Å². The van der Waals surface area contributed by atoms with Gasteiger partial charge >= 0.3 is 0 Å². The van der Waals surface area contributed by atoms with Gasteiger partial charge in [0.15, 0.2) is 5.78 Å². The highest BCUT2D eigenvalue weighted by Crippen LogP contribution is 2.21. The van der Waals surface area contributed by atoms with Crippen LogP contribution in [-0.2, 0) is 4.79 Å². The number of nitrogens with one attached hydrogen (secondary N) is 2. The maximum atomic E-state index is 13.1. The quantitative estimate of drug-likeness (QED) is 0.535. The number of pyridine rings is 1. The van der Waals surface area contributed by atoms with Crippen molar-refractivity contribution >= 4 is 28.5 Å². The number of benzene rings is 1. The molecule has 28 heavy (non-hydrogen) atoms. The number of ketones is 2. The smallest absolute Gasteiger partial charge is 0.295 e. The maximum Gasteiger partial charge on any atom is 0.295 e. The number of rotatable bonds is 4. The molecule has 0 radical (unpaired) electrons. The van der Waals surface area contributed by atoms with E-state index < -0.39 is 17.7 Å². The van der Waals surface area contributed by atoms with Gasteiger partial charge < -0.3 is 15.2 Å². The topological polar surface area (TPSA) is 95.2 Å². The Morgan fingerprint density at radius 3 is 2.68 bits per heavy atom. The monoisotopic (exact) mass is 376 g/mol. The van der Waals surface area contributed by atoms with Crippen molar-refractivity contribution in [3.8, 4) is 0 Å². The zero-order valence-corrected chi connectivity index (χ0v) is 15.4. The average molecular weight is 376 g/mol. The molecule has 2 atom stereocenters. The summed E-state index contributed by atoms with van der Waals surface area (Å²) in [6, 6.07) is 11.3. The maximum absolute atomic E-state index is 13.1. The van der Waals surface area contributed by atoms with Crippen LogP contribution in [-0.4, -0.2) is 57.5 Å². The standard InChI is InChI=1S/C21H20N4O3/c1-13-17(18(26)14-6-3-2-4-7-14)25(11-10-22-13)21(28)19(27)16-12-24-20-15(16)8-5-9-23-20/h2-9,12-13,17,22H,10-11H2,1H3,(H,23,24). The number of amides is 1. The number of fused-ring (bicyclic) bond motifs is 1. The van der Waals surface area contributed by atoms with Crippen LogP contribution in [0.15, 0.2) is 54.9 Å². The molecule has 7 heteroatoms. The zero-order chi connectivity index (χ0) is 19.7. The number of nitrogens with zero attached hydrogens (tertiary/aromatic N) is 2. The van der Waals surface area contributed by atoms with Gasteiger partial charge in [0.2, 0.25) is 0 Å². The second-order valence-electron chi connectivity index (χ2n) is 6.85. The Bertz CT molecular complexity index is 1040. The third-order valence-electron chi connectivity index (χ3n) is 5.11. The lowest BCUT2D eigenvalue weighted by Gasteiger charge is -2.39. The van der Waals surface area contributed by atoms with E-state index in [9.17, 15) is 14.4 Å². The highest BCUT2D eigenvalue weighted by molar-refractivity contribution is 6.45. The van der Waals surface area contributed by atoms with Gasteiger partial charge in [-0.25, -0.2) is 4.98 Å². The molecule has 1 fully saturated rings. The lowest BCUT2D eigenvalue weighted by atomic mass is 9.94. The van der Waals surface area contributed by atoms with Crippen LogP contribution < -0.4 is 5.32 Å². The Hall–Kier alpha value is -3.32. The molecule has 0 aliphatic carbocycles. The van der Waals surface area contributed by atoms with Crippen LogP contribution in [0.25, 0.3) is 11.0 Å². The molecule has 1 saturated heterocycles. The van der Waals surface area contributed by atoms with Gasteiger partial charge in [0.1, 0.15) is 11.7 Å². The van der Waals surface area contributed by atoms with Gasteiger partial charge in [0.25, 0.3) is 11.7 Å². The fourth-order valence-corrected chi connectivity index (χ4v) is 3.69. The van der Waals surface area contributed by atoms with E-state index in [-0.39, 0.29) is 17.4 Å². The van der Waals surface area contributed by atoms with Crippen molar-refractivity contribution in [1.82, 2.24) is 20.2 Å². The van der Waals surface area contributed by atoms with Crippen LogP contribution in [0, 0.1) is 0 Å². The third kappa shape index (κ3) is 3.10. The summed E-state index contributed by atoms with van der Waals surface area (Å²) in [6.07, 6.45) is 3.11. The van der Waals surface area contributed by atoms with Crippen molar-refractivity contribution in [3.05, 3.63) is 66.0 Å². The normalized spacial score (nSPS) is 19.5. The molecule has 1 amide bonds. The van der Waals surface area contributed by atoms with Crippen molar-refractivity contribution in [2.45, 2.75) is 19.0 Å². The lowest BCUT2D eigenvalue weighted by Crippen LogP contribution is -2.62. The minimum absolute atomic E-state index is 0.179. The van der Waals surface area contributed by atoms with Crippen molar-refractivity contribution in [2.75, 3.05) is 13.1 Å². The second kappa shape index (κ2) is 7.36. The first-order chi connectivity index (χ1) is 13.6. The molecular weight excluding hydrogens is 356 g/mol. The van der Waals surface area contributed by atoms with Crippen LogP contribution in [0.3, 0.4) is 0 Å². The van der Waals surface area contributed by atoms with E-state index in [1.54, 1.807) is 42.6 Å². The third-order valence-corrected chi connectivity index (χ3v) is 5.11. The van der Waals surface area contributed by atoms with Gasteiger partial charge in [-0.1, -0.05) is 30.3 Å². The summed E-state index contributed by atoms with van der Waals surface area (Å²) < 4.78 is 0. The van der Waals surface area contributed by atoms with Gasteiger partial charge in [-0.2, -0.15) is 0 Å². The molecule has 1 aliphatic rings. The minimum Gasteiger partial charge on any atom is -0.345 e. The molecule has 4 rings (SSSR count). The Balaban J connectivity index is 1.66. The number of piperazine rings is 1. The number of carbonyl (C=O) groups excluding carboxylic acids is 3. The van der Waals surface area contributed by atoms with Gasteiger partial charge in [-0.05, 0) is 19.1 Å². The van der Waals surface area contributed by atoms with Crippen LogP contribution in [0.5, 0.6) is 0 Å². The Kier molecular flexibility index (Phi) is 4.75. The molecular formula is C21H20N4O3. The first-order valence-corrected chi connectivity index (χ1v) is 9.18. The summed E-state index contributed by atoms with van der Waals surface area (Å²) in [5.41, 5.74) is 1.33. The van der Waals surface area contributed by atoms with Crippen LogP contribution in [0.2, 0.25) is 0 Å². The number of hydrogen-bond donors (Lipinski definition) is 2. The summed E-state index contributed by atoms with van der Waals surface area (Å²) in [6.45, 7) is 2.66. The molecule has 0 saturated carbocycles. The predicted octanol–water partition coefficient (Wildman–Crippen LogP) is 1.82. The molecule has 1 aromatic carbocycles. The molecule has 3 aromatic rings. The van der Waals surface area contributed by atoms with Crippen molar-refractivity contribution < 1.29 is 14.4 Å². The summed E-state index contributed by atoms with van der Waals surface area (Å²) in [5.74, 6) is -1.49. The average Bonchev–Trinajstić information content (AvgIpc) is 3.17. The molecule has 3 heterocycles. The van der Waals surface area contributed by atoms with E-state index in [1.165, 1.54) is 11.1 Å². The first kappa shape index (κ1) is 18.1. The molecule has 2 N–H and O–H groups in total. The van der Waals surface area contributed by atoms with Gasteiger partial charge in [0.05, 0.1) is 5.56 Å². The molecule has 0 spiro atoms. The van der Waals surface area contributed by atoms with E-state index in [1.807, 2.05) is 13.0 Å². The zero-order valence-electron chi connectivity index (χ0n) is 15.4. The molecule has 2 aromatic heterocycles. The highest BCUT2D eigenvalue weighted by atomic mass is 16.2. The Morgan fingerprint density at radius 2 is 1.89 bits per heavy atom. The molecule has 0 bridgehead atoms. The van der Waals surface area contributed by atoms with Gasteiger partial charge in [-0.15, -0.1) is 0 Å². The number of aromatic nitrogens is 2. The predicted molar refractivity (Wildman–Crippen MR) is 104 cm³/mol. The van der Waals surface area contributed by atoms with E-state index in [4.69, 9.17) is 0 Å². The SMILES string of the molecule is CC1NCCN(C(=O)C(=O)c2c[nH]c3ncccc23)C1C(=O)c1ccccc1. The lowest BCUT2D eigenvalue weighted by molar-refractivity contribution is -0.129. The Labute approximate surface area is 161 Å². The largest absolute Gasteiger partial charge is 0.345 e. The van der Waals surface area contributed by atoms with Crippen LogP contribution in [0.4, 0.5) is 0 Å². The van der Waals surface area contributed by atoms with E-state index >= 15 is 0 Å².